The molecule has 1 aromatic rings. The van der Waals surface area contributed by atoms with Gasteiger partial charge >= 0.3 is 0 Å². The number of allylic oxidation sites excluding steroid dienone is 1. The second-order valence-corrected chi connectivity index (χ2v) is 11.4. The van der Waals surface area contributed by atoms with Crippen LogP contribution in [0.3, 0.4) is 0 Å². The molecule has 1 N–H and O–H groups in total. The van der Waals surface area contributed by atoms with E-state index >= 15 is 0 Å². The van der Waals surface area contributed by atoms with E-state index in [4.69, 9.17) is 4.74 Å². The van der Waals surface area contributed by atoms with Gasteiger partial charge in [-0.15, -0.1) is 0 Å². The highest BCUT2D eigenvalue weighted by Gasteiger charge is 2.38. The molecule has 3 atom stereocenters. The summed E-state index contributed by atoms with van der Waals surface area (Å²) in [6, 6.07) is 4.19. The molecule has 2 rings (SSSR count). The molecule has 0 aliphatic carbocycles. The molecule has 0 saturated heterocycles. The number of hydrogen-bond acceptors (Lipinski definition) is 6. The third-order valence-electron chi connectivity index (χ3n) is 5.05. The summed E-state index contributed by atoms with van der Waals surface area (Å²) in [6.45, 7) is 5.15. The number of sulfonamides is 2. The molecule has 0 bridgehead atoms. The number of benzene rings is 1. The molecule has 164 valence electrons. The summed E-state index contributed by atoms with van der Waals surface area (Å²) in [4.78, 5) is 0.00459. The summed E-state index contributed by atoms with van der Waals surface area (Å²) < 4.78 is 58.9. The smallest absolute Gasteiger partial charge is 0.247 e. The van der Waals surface area contributed by atoms with Gasteiger partial charge in [0.2, 0.25) is 20.0 Å². The minimum atomic E-state index is -3.91. The van der Waals surface area contributed by atoms with Crippen LogP contribution in [0.1, 0.15) is 26.3 Å². The molecule has 8 nitrogen and oxygen atoms in total. The zero-order valence-electron chi connectivity index (χ0n) is 17.4. The van der Waals surface area contributed by atoms with Gasteiger partial charge in [-0.1, -0.05) is 25.1 Å². The Hall–Kier alpha value is -1.46. The molecule has 0 spiro atoms. The lowest BCUT2D eigenvalue weighted by molar-refractivity contribution is 0.0905. The maximum atomic E-state index is 13.3. The van der Waals surface area contributed by atoms with E-state index in [1.165, 1.54) is 21.7 Å². The average molecular weight is 447 g/mol. The van der Waals surface area contributed by atoms with Crippen LogP contribution in [0.15, 0.2) is 29.2 Å². The van der Waals surface area contributed by atoms with Crippen molar-refractivity contribution in [2.24, 2.45) is 5.92 Å². The monoisotopic (exact) mass is 446 g/mol. The first kappa shape index (κ1) is 23.8. The van der Waals surface area contributed by atoms with Crippen LogP contribution in [0.4, 0.5) is 0 Å². The molecule has 0 fully saturated rings. The Bertz CT molecular complexity index is 959. The first-order valence-corrected chi connectivity index (χ1v) is 12.7. The molecule has 1 aliphatic heterocycles. The Morgan fingerprint density at radius 1 is 1.41 bits per heavy atom. The lowest BCUT2D eigenvalue weighted by atomic mass is 10.0. The van der Waals surface area contributed by atoms with Gasteiger partial charge < -0.3 is 9.84 Å². The molecule has 1 aromatic carbocycles. The van der Waals surface area contributed by atoms with E-state index in [0.29, 0.717) is 0 Å². The maximum Gasteiger partial charge on any atom is 0.247 e. The molecule has 0 unspecified atom stereocenters. The van der Waals surface area contributed by atoms with Crippen molar-refractivity contribution in [1.82, 2.24) is 8.61 Å². The van der Waals surface area contributed by atoms with Gasteiger partial charge in [0, 0.05) is 25.6 Å². The van der Waals surface area contributed by atoms with Gasteiger partial charge in [0.05, 0.1) is 19.4 Å². The first-order chi connectivity index (χ1) is 13.4. The fourth-order valence-corrected chi connectivity index (χ4v) is 5.39. The number of aliphatic hydroxyl groups excluding tert-OH is 1. The highest BCUT2D eigenvalue weighted by Crippen LogP contribution is 2.34. The van der Waals surface area contributed by atoms with Crippen molar-refractivity contribution >= 4 is 26.1 Å². The second-order valence-electron chi connectivity index (χ2n) is 7.49. The van der Waals surface area contributed by atoms with Gasteiger partial charge in [0.25, 0.3) is 0 Å². The predicted molar refractivity (Wildman–Crippen MR) is 113 cm³/mol. The molecular weight excluding hydrogens is 416 g/mol. The van der Waals surface area contributed by atoms with E-state index < -0.39 is 32.2 Å². The zero-order valence-corrected chi connectivity index (χ0v) is 19.1. The minimum Gasteiger partial charge on any atom is -0.487 e. The molecule has 1 heterocycles. The predicted octanol–water partition coefficient (Wildman–Crippen LogP) is 1.38. The number of fused-ring (bicyclic) bond motifs is 1. The quantitative estimate of drug-likeness (QED) is 0.708. The third kappa shape index (κ3) is 5.37. The molecular formula is C19H30N2O6S2. The number of rotatable bonds is 6. The molecule has 0 aromatic heterocycles. The van der Waals surface area contributed by atoms with E-state index in [9.17, 15) is 21.9 Å². The Morgan fingerprint density at radius 2 is 2.07 bits per heavy atom. The van der Waals surface area contributed by atoms with E-state index in [2.05, 4.69) is 0 Å². The van der Waals surface area contributed by atoms with Crippen LogP contribution in [0.5, 0.6) is 5.75 Å². The number of aliphatic hydroxyl groups is 1. The van der Waals surface area contributed by atoms with Crippen LogP contribution in [-0.2, 0) is 20.0 Å². The van der Waals surface area contributed by atoms with Crippen molar-refractivity contribution in [2.45, 2.75) is 37.8 Å². The van der Waals surface area contributed by atoms with Gasteiger partial charge in [0.1, 0.15) is 16.7 Å². The van der Waals surface area contributed by atoms with Crippen molar-refractivity contribution in [1.29, 1.82) is 0 Å². The average Bonchev–Trinajstić information content (AvgIpc) is 2.63. The number of likely N-dealkylation sites (N-methyl/N-ethyl adjacent to an activating group) is 1. The fourth-order valence-electron chi connectivity index (χ4n) is 3.14. The highest BCUT2D eigenvalue weighted by atomic mass is 32.2. The van der Waals surface area contributed by atoms with Crippen LogP contribution < -0.4 is 4.74 Å². The lowest BCUT2D eigenvalue weighted by Crippen LogP contribution is -2.50. The van der Waals surface area contributed by atoms with Crippen LogP contribution in [0.2, 0.25) is 0 Å². The summed E-state index contributed by atoms with van der Waals surface area (Å²) in [7, 11) is -5.87. The van der Waals surface area contributed by atoms with E-state index in [1.54, 1.807) is 19.1 Å². The van der Waals surface area contributed by atoms with Crippen molar-refractivity contribution in [3.8, 4) is 5.75 Å². The van der Waals surface area contributed by atoms with Crippen LogP contribution in [0, 0.1) is 5.92 Å². The Balaban J connectivity index is 2.61. The number of nitrogens with zero attached hydrogens (tertiary/aromatic N) is 2. The van der Waals surface area contributed by atoms with Crippen molar-refractivity contribution in [2.75, 3.05) is 33.0 Å². The summed E-state index contributed by atoms with van der Waals surface area (Å²) in [5, 5.41) is 9.61. The molecule has 0 radical (unpaired) electrons. The normalized spacial score (nSPS) is 24.0. The highest BCUT2D eigenvalue weighted by molar-refractivity contribution is 7.89. The van der Waals surface area contributed by atoms with Crippen molar-refractivity contribution < 1.29 is 26.7 Å². The lowest BCUT2D eigenvalue weighted by Gasteiger charge is -2.37. The summed E-state index contributed by atoms with van der Waals surface area (Å²) in [6.07, 6.45) is 4.20. The topological polar surface area (TPSA) is 104 Å². The van der Waals surface area contributed by atoms with Gasteiger partial charge in [-0.3, -0.25) is 0 Å². The molecule has 1 aliphatic rings. The third-order valence-corrected chi connectivity index (χ3v) is 8.35. The molecule has 29 heavy (non-hydrogen) atoms. The van der Waals surface area contributed by atoms with E-state index in [0.717, 1.165) is 11.8 Å². The van der Waals surface area contributed by atoms with Crippen LogP contribution in [0.25, 0.3) is 6.08 Å². The van der Waals surface area contributed by atoms with Gasteiger partial charge in [-0.05, 0) is 31.5 Å². The van der Waals surface area contributed by atoms with Gasteiger partial charge in [0.15, 0.2) is 0 Å². The number of hydrogen-bond donors (Lipinski definition) is 1. The van der Waals surface area contributed by atoms with Crippen molar-refractivity contribution in [3.05, 3.63) is 29.8 Å². The summed E-state index contributed by atoms with van der Waals surface area (Å²) >= 11 is 0. The van der Waals surface area contributed by atoms with Crippen LogP contribution >= 0.6 is 0 Å². The van der Waals surface area contributed by atoms with Gasteiger partial charge in [-0.2, -0.15) is 4.31 Å². The van der Waals surface area contributed by atoms with E-state index in [1.807, 2.05) is 26.0 Å². The number of ether oxygens (including phenoxy) is 1. The second kappa shape index (κ2) is 9.13. The SMILES string of the molecule is C/C=C/c1ccc2c(c1)O[C@@H](CN(C)S(C)(=O)=O)[C@H](C)CN([C@@H](C)CO)S2(=O)=O. The Morgan fingerprint density at radius 3 is 2.62 bits per heavy atom. The standard InChI is InChI=1S/C19H30N2O6S2/c1-6-7-16-8-9-19-17(10-16)27-18(12-20(4)28(5,23)24)14(2)11-21(15(3)13-22)29(19,25)26/h6-10,14-15,18,22H,11-13H2,1-5H3/b7-6+/t14-,15+,18+/m1/s1. The van der Waals surface area contributed by atoms with E-state index in [-0.39, 0.29) is 36.3 Å². The Kier molecular flexibility index (Phi) is 7.50. The summed E-state index contributed by atoms with van der Waals surface area (Å²) in [5.74, 6) is -0.143. The molecule has 0 amide bonds. The minimum absolute atomic E-state index is 0.00459. The first-order valence-electron chi connectivity index (χ1n) is 9.39. The molecule has 0 saturated carbocycles. The summed E-state index contributed by atoms with van der Waals surface area (Å²) in [5.41, 5.74) is 0.770. The van der Waals surface area contributed by atoms with Crippen LogP contribution in [-0.4, -0.2) is 75.7 Å². The van der Waals surface area contributed by atoms with Gasteiger partial charge in [-0.25, -0.2) is 21.1 Å². The van der Waals surface area contributed by atoms with Crippen molar-refractivity contribution in [3.63, 3.8) is 0 Å². The largest absolute Gasteiger partial charge is 0.487 e. The fraction of sp³-hybridized carbons (Fsp3) is 0.579. The molecule has 10 heteroatoms. The zero-order chi connectivity index (χ0) is 22.0. The maximum absolute atomic E-state index is 13.3. The Labute approximate surface area is 173 Å².